The molecule has 3 aromatic rings. The van der Waals surface area contributed by atoms with Crippen molar-refractivity contribution in [3.05, 3.63) is 66.5 Å². The van der Waals surface area contributed by atoms with E-state index in [0.717, 1.165) is 0 Å². The summed E-state index contributed by atoms with van der Waals surface area (Å²) in [5, 5.41) is 8.94. The average molecular weight is 415 g/mol. The van der Waals surface area contributed by atoms with Crippen molar-refractivity contribution in [1.29, 1.82) is 0 Å². The van der Waals surface area contributed by atoms with Gasteiger partial charge < -0.3 is 14.6 Å². The van der Waals surface area contributed by atoms with Gasteiger partial charge in [0.15, 0.2) is 0 Å². The Balaban J connectivity index is 1.81. The molecule has 0 aliphatic rings. The predicted molar refractivity (Wildman–Crippen MR) is 104 cm³/mol. The Morgan fingerprint density at radius 3 is 2.41 bits per heavy atom. The number of aliphatic carboxylic acids is 1. The monoisotopic (exact) mass is 415 g/mol. The van der Waals surface area contributed by atoms with Crippen molar-refractivity contribution in [2.24, 2.45) is 0 Å². The molecule has 2 N–H and O–H groups in total. The van der Waals surface area contributed by atoms with Gasteiger partial charge in [0.1, 0.15) is 16.4 Å². The third kappa shape index (κ3) is 5.20. The zero-order valence-electron chi connectivity index (χ0n) is 15.3. The molecule has 3 rings (SSSR count). The summed E-state index contributed by atoms with van der Waals surface area (Å²) in [6.45, 7) is 0. The van der Waals surface area contributed by atoms with Crippen molar-refractivity contribution in [3.8, 4) is 17.5 Å². The van der Waals surface area contributed by atoms with Crippen molar-refractivity contribution in [1.82, 2.24) is 9.97 Å². The van der Waals surface area contributed by atoms with E-state index in [2.05, 4.69) is 14.7 Å². The molecule has 2 aromatic carbocycles. The number of carbonyl (C=O) groups is 1. The Morgan fingerprint density at radius 1 is 1.10 bits per heavy atom. The van der Waals surface area contributed by atoms with Crippen molar-refractivity contribution >= 4 is 21.7 Å². The van der Waals surface area contributed by atoms with Gasteiger partial charge in [0.25, 0.3) is 10.0 Å². The molecule has 0 aliphatic carbocycles. The van der Waals surface area contributed by atoms with Gasteiger partial charge in [0.05, 0.1) is 13.5 Å². The molecule has 0 fully saturated rings. The Morgan fingerprint density at radius 2 is 1.79 bits per heavy atom. The maximum absolute atomic E-state index is 12.8. The molecule has 0 aliphatic heterocycles. The maximum atomic E-state index is 12.8. The topological polar surface area (TPSA) is 128 Å². The lowest BCUT2D eigenvalue weighted by atomic mass is 10.1. The number of ether oxygens (including phenoxy) is 2. The lowest BCUT2D eigenvalue weighted by molar-refractivity contribution is -0.136. The van der Waals surface area contributed by atoms with Gasteiger partial charge in [-0.05, 0) is 48.0 Å². The second kappa shape index (κ2) is 8.57. The number of anilines is 1. The van der Waals surface area contributed by atoms with Gasteiger partial charge in [-0.25, -0.2) is 18.4 Å². The highest BCUT2D eigenvalue weighted by Crippen LogP contribution is 2.28. The van der Waals surface area contributed by atoms with Crippen LogP contribution in [-0.4, -0.2) is 36.6 Å². The first-order valence-corrected chi connectivity index (χ1v) is 9.82. The molecule has 150 valence electrons. The number of carboxylic acids is 1. The molecule has 0 bridgehead atoms. The van der Waals surface area contributed by atoms with E-state index in [4.69, 9.17) is 14.6 Å². The fourth-order valence-electron chi connectivity index (χ4n) is 2.46. The number of nitrogens with zero attached hydrogens (tertiary/aromatic N) is 2. The van der Waals surface area contributed by atoms with Crippen LogP contribution in [0.3, 0.4) is 0 Å². The molecule has 0 saturated heterocycles. The second-order valence-corrected chi connectivity index (χ2v) is 7.47. The molecule has 1 heterocycles. The number of sulfonamides is 1. The smallest absolute Gasteiger partial charge is 0.321 e. The summed E-state index contributed by atoms with van der Waals surface area (Å²) in [5.41, 5.74) is 0.627. The Bertz CT molecular complexity index is 1100. The average Bonchev–Trinajstić information content (AvgIpc) is 2.69. The van der Waals surface area contributed by atoms with Gasteiger partial charge in [0, 0.05) is 18.1 Å². The number of benzene rings is 2. The first-order chi connectivity index (χ1) is 13.9. The normalized spacial score (nSPS) is 10.9. The van der Waals surface area contributed by atoms with Crippen molar-refractivity contribution in [3.63, 3.8) is 0 Å². The molecular weight excluding hydrogens is 398 g/mol. The Hall–Kier alpha value is -3.66. The molecule has 0 spiro atoms. The van der Waals surface area contributed by atoms with Crippen LogP contribution in [0, 0.1) is 0 Å². The predicted octanol–water partition coefficient (Wildman–Crippen LogP) is 2.71. The molecule has 0 radical (unpaired) electrons. The minimum Gasteiger partial charge on any atom is -0.495 e. The van der Waals surface area contributed by atoms with Crippen molar-refractivity contribution in [2.75, 3.05) is 11.8 Å². The summed E-state index contributed by atoms with van der Waals surface area (Å²) in [7, 11) is -2.68. The first-order valence-electron chi connectivity index (χ1n) is 8.34. The number of hydrogen-bond donors (Lipinski definition) is 2. The molecule has 0 saturated carbocycles. The SMILES string of the molecule is COc1ccc(CC(=O)O)cc1S(=O)(=O)Nc1ccc(Oc2ncccn2)cc1. The minimum atomic E-state index is -4.02. The van der Waals surface area contributed by atoms with E-state index >= 15 is 0 Å². The van der Waals surface area contributed by atoms with Gasteiger partial charge in [-0.15, -0.1) is 0 Å². The summed E-state index contributed by atoms with van der Waals surface area (Å²) < 4.78 is 38.6. The lowest BCUT2D eigenvalue weighted by Crippen LogP contribution is -2.15. The van der Waals surface area contributed by atoms with Crippen LogP contribution in [0.4, 0.5) is 5.69 Å². The summed E-state index contributed by atoms with van der Waals surface area (Å²) in [4.78, 5) is 18.7. The third-order valence-corrected chi connectivity index (χ3v) is 5.13. The first kappa shape index (κ1) is 20.1. The van der Waals surface area contributed by atoms with Crippen LogP contribution >= 0.6 is 0 Å². The van der Waals surface area contributed by atoms with E-state index < -0.39 is 16.0 Å². The van der Waals surface area contributed by atoms with Crippen LogP contribution in [0.1, 0.15) is 5.56 Å². The number of aromatic nitrogens is 2. The molecule has 9 nitrogen and oxygen atoms in total. The highest BCUT2D eigenvalue weighted by molar-refractivity contribution is 7.92. The molecule has 29 heavy (non-hydrogen) atoms. The lowest BCUT2D eigenvalue weighted by Gasteiger charge is -2.13. The number of hydrogen-bond acceptors (Lipinski definition) is 7. The largest absolute Gasteiger partial charge is 0.495 e. The quantitative estimate of drug-likeness (QED) is 0.575. The standard InChI is InChI=1S/C19H17N3O6S/c1-27-16-8-3-13(12-18(23)24)11-17(16)29(25,26)22-14-4-6-15(7-5-14)28-19-20-9-2-10-21-19/h2-11,22H,12H2,1H3,(H,23,24). The van der Waals surface area contributed by atoms with E-state index in [0.29, 0.717) is 11.3 Å². The van der Waals surface area contributed by atoms with E-state index in [-0.39, 0.29) is 28.8 Å². The zero-order chi connectivity index (χ0) is 20.9. The minimum absolute atomic E-state index is 0.104. The highest BCUT2D eigenvalue weighted by atomic mass is 32.2. The zero-order valence-corrected chi connectivity index (χ0v) is 16.1. The van der Waals surface area contributed by atoms with Gasteiger partial charge >= 0.3 is 12.0 Å². The van der Waals surface area contributed by atoms with Gasteiger partial charge in [0.2, 0.25) is 0 Å². The summed E-state index contributed by atoms with van der Waals surface area (Å²) in [6.07, 6.45) is 2.77. The van der Waals surface area contributed by atoms with Crippen LogP contribution in [0.5, 0.6) is 17.5 Å². The summed E-state index contributed by atoms with van der Waals surface area (Å²) in [6, 6.07) is 12.2. The van der Waals surface area contributed by atoms with Gasteiger partial charge in [-0.1, -0.05) is 6.07 Å². The molecule has 0 amide bonds. The summed E-state index contributed by atoms with van der Waals surface area (Å²) >= 11 is 0. The number of methoxy groups -OCH3 is 1. The van der Waals surface area contributed by atoms with Crippen LogP contribution in [0.15, 0.2) is 65.8 Å². The third-order valence-electron chi connectivity index (χ3n) is 3.73. The Kier molecular flexibility index (Phi) is 5.93. The Labute approximate surface area is 167 Å². The van der Waals surface area contributed by atoms with Crippen LogP contribution in [0.2, 0.25) is 0 Å². The van der Waals surface area contributed by atoms with Gasteiger partial charge in [-0.2, -0.15) is 0 Å². The van der Waals surface area contributed by atoms with Crippen molar-refractivity contribution < 1.29 is 27.8 Å². The summed E-state index contributed by atoms with van der Waals surface area (Å²) in [5.74, 6) is -0.530. The van der Waals surface area contributed by atoms with Crippen molar-refractivity contribution in [2.45, 2.75) is 11.3 Å². The molecule has 0 unspecified atom stereocenters. The fourth-order valence-corrected chi connectivity index (χ4v) is 3.74. The van der Waals surface area contributed by atoms with Gasteiger partial charge in [-0.3, -0.25) is 9.52 Å². The van der Waals surface area contributed by atoms with Crippen LogP contribution < -0.4 is 14.2 Å². The second-order valence-electron chi connectivity index (χ2n) is 5.82. The number of nitrogens with one attached hydrogen (secondary N) is 1. The highest BCUT2D eigenvalue weighted by Gasteiger charge is 2.21. The number of carboxylic acid groups (broad SMARTS) is 1. The number of rotatable bonds is 8. The maximum Gasteiger partial charge on any atom is 0.321 e. The van der Waals surface area contributed by atoms with Crippen LogP contribution in [-0.2, 0) is 21.2 Å². The van der Waals surface area contributed by atoms with E-state index in [1.54, 1.807) is 18.2 Å². The van der Waals surface area contributed by atoms with E-state index in [1.165, 1.54) is 49.8 Å². The molecule has 0 atom stereocenters. The van der Waals surface area contributed by atoms with Crippen LogP contribution in [0.25, 0.3) is 0 Å². The van der Waals surface area contributed by atoms with E-state index in [9.17, 15) is 13.2 Å². The molecule has 1 aromatic heterocycles. The van der Waals surface area contributed by atoms with E-state index in [1.807, 2.05) is 0 Å². The fraction of sp³-hybridized carbons (Fsp3) is 0.105. The molecular formula is C19H17N3O6S. The molecule has 10 heteroatoms.